The van der Waals surface area contributed by atoms with Crippen molar-refractivity contribution in [1.29, 1.82) is 0 Å². The first kappa shape index (κ1) is 20.9. The second-order valence-corrected chi connectivity index (χ2v) is 7.57. The monoisotopic (exact) mass is 398 g/mol. The summed E-state index contributed by atoms with van der Waals surface area (Å²) >= 11 is 0. The number of hydrogen-bond acceptors (Lipinski definition) is 5. The van der Waals surface area contributed by atoms with Crippen LogP contribution in [0.3, 0.4) is 0 Å². The molecule has 3 rings (SSSR count). The van der Waals surface area contributed by atoms with Crippen molar-refractivity contribution in [2.45, 2.75) is 26.7 Å². The Kier molecular flexibility index (Phi) is 7.30. The van der Waals surface area contributed by atoms with E-state index in [9.17, 15) is 4.79 Å². The third kappa shape index (κ3) is 6.35. The number of carbonyl (C=O) groups is 1. The number of carbonyl (C=O) groups excluding carboxylic acids is 1. The van der Waals surface area contributed by atoms with Crippen LogP contribution in [0.15, 0.2) is 36.5 Å². The number of amides is 2. The maximum atomic E-state index is 12.1. The highest BCUT2D eigenvalue weighted by Crippen LogP contribution is 2.31. The molecule has 156 valence electrons. The van der Waals surface area contributed by atoms with E-state index in [1.165, 1.54) is 12.8 Å². The van der Waals surface area contributed by atoms with Gasteiger partial charge >= 0.3 is 6.03 Å². The van der Waals surface area contributed by atoms with Crippen LogP contribution in [0.1, 0.15) is 25.3 Å². The molecule has 1 unspecified atom stereocenters. The Morgan fingerprint density at radius 1 is 1.28 bits per heavy atom. The van der Waals surface area contributed by atoms with Crippen LogP contribution in [-0.4, -0.2) is 49.2 Å². The number of aromatic nitrogens is 1. The van der Waals surface area contributed by atoms with Crippen LogP contribution in [0.25, 0.3) is 0 Å². The van der Waals surface area contributed by atoms with Crippen LogP contribution in [0.5, 0.6) is 17.4 Å². The van der Waals surface area contributed by atoms with Crippen LogP contribution in [0.4, 0.5) is 10.5 Å². The fourth-order valence-electron chi connectivity index (χ4n) is 3.48. The summed E-state index contributed by atoms with van der Waals surface area (Å²) in [4.78, 5) is 18.8. The van der Waals surface area contributed by atoms with Crippen LogP contribution >= 0.6 is 0 Å². The van der Waals surface area contributed by atoms with Gasteiger partial charge in [-0.3, -0.25) is 0 Å². The highest BCUT2D eigenvalue weighted by atomic mass is 16.5. The van der Waals surface area contributed by atoms with Gasteiger partial charge in [0, 0.05) is 25.7 Å². The van der Waals surface area contributed by atoms with Crippen LogP contribution < -0.4 is 20.1 Å². The van der Waals surface area contributed by atoms with Gasteiger partial charge in [-0.15, -0.1) is 0 Å². The summed E-state index contributed by atoms with van der Waals surface area (Å²) in [5.74, 6) is 2.41. The first-order chi connectivity index (χ1) is 14.0. The number of nitrogens with zero attached hydrogens (tertiary/aromatic N) is 2. The molecule has 2 heterocycles. The minimum absolute atomic E-state index is 0.231. The largest absolute Gasteiger partial charge is 0.493 e. The van der Waals surface area contributed by atoms with Crippen LogP contribution in [-0.2, 0) is 0 Å². The molecule has 7 heteroatoms. The highest BCUT2D eigenvalue weighted by Gasteiger charge is 2.15. The van der Waals surface area contributed by atoms with Crippen molar-refractivity contribution in [1.82, 2.24) is 15.2 Å². The molecule has 2 amide bonds. The Labute approximate surface area is 172 Å². The molecule has 0 radical (unpaired) electrons. The van der Waals surface area contributed by atoms with Crippen LogP contribution in [0, 0.1) is 12.8 Å². The lowest BCUT2D eigenvalue weighted by Gasteiger charge is -2.30. The Morgan fingerprint density at radius 3 is 2.86 bits per heavy atom. The molecule has 7 nitrogen and oxygen atoms in total. The summed E-state index contributed by atoms with van der Waals surface area (Å²) in [6.07, 6.45) is 4.11. The number of ether oxygens (including phenoxy) is 2. The molecule has 1 saturated heterocycles. The summed E-state index contributed by atoms with van der Waals surface area (Å²) < 4.78 is 11.1. The van der Waals surface area contributed by atoms with Gasteiger partial charge < -0.3 is 25.0 Å². The van der Waals surface area contributed by atoms with E-state index >= 15 is 0 Å². The maximum Gasteiger partial charge on any atom is 0.319 e. The molecular formula is C22H30N4O3. The van der Waals surface area contributed by atoms with E-state index < -0.39 is 0 Å². The molecule has 2 N–H and O–H groups in total. The number of hydrogen-bond donors (Lipinski definition) is 2. The fourth-order valence-corrected chi connectivity index (χ4v) is 3.48. The lowest BCUT2D eigenvalue weighted by atomic mass is 10.0. The smallest absolute Gasteiger partial charge is 0.319 e. The second-order valence-electron chi connectivity index (χ2n) is 7.57. The number of urea groups is 1. The number of piperidine rings is 1. The average Bonchev–Trinajstić information content (AvgIpc) is 2.71. The van der Waals surface area contributed by atoms with E-state index in [0.717, 1.165) is 31.1 Å². The molecule has 1 aliphatic rings. The van der Waals surface area contributed by atoms with Gasteiger partial charge in [0.2, 0.25) is 5.88 Å². The SMILES string of the molecule is COc1cc(C)ccc1Oc1ccc(NC(=O)NCCN2CCCC(C)C2)cn1. The van der Waals surface area contributed by atoms with Crippen molar-refractivity contribution in [3.8, 4) is 17.4 Å². The Balaban J connectivity index is 1.45. The van der Waals surface area contributed by atoms with Crippen molar-refractivity contribution in [3.63, 3.8) is 0 Å². The number of aryl methyl sites for hydroxylation is 1. The van der Waals surface area contributed by atoms with Crippen molar-refractivity contribution in [3.05, 3.63) is 42.1 Å². The van der Waals surface area contributed by atoms with E-state index in [1.54, 1.807) is 25.4 Å². The van der Waals surface area contributed by atoms with Gasteiger partial charge in [-0.25, -0.2) is 9.78 Å². The van der Waals surface area contributed by atoms with Gasteiger partial charge in [-0.1, -0.05) is 13.0 Å². The third-order valence-electron chi connectivity index (χ3n) is 4.98. The van der Waals surface area contributed by atoms with Gasteiger partial charge in [0.25, 0.3) is 0 Å². The average molecular weight is 399 g/mol. The molecule has 1 fully saturated rings. The highest BCUT2D eigenvalue weighted by molar-refractivity contribution is 5.89. The number of nitrogens with one attached hydrogen (secondary N) is 2. The minimum Gasteiger partial charge on any atom is -0.493 e. The normalized spacial score (nSPS) is 16.9. The molecule has 2 aromatic rings. The summed E-state index contributed by atoms with van der Waals surface area (Å²) in [7, 11) is 1.60. The lowest BCUT2D eigenvalue weighted by Crippen LogP contribution is -2.41. The number of rotatable bonds is 7. The number of pyridine rings is 1. The number of benzene rings is 1. The Hall–Kier alpha value is -2.80. The van der Waals surface area contributed by atoms with Crippen molar-refractivity contribution >= 4 is 11.7 Å². The molecule has 29 heavy (non-hydrogen) atoms. The summed E-state index contributed by atoms with van der Waals surface area (Å²) in [6.45, 7) is 8.00. The molecule has 1 aliphatic heterocycles. The molecule has 0 bridgehead atoms. The number of anilines is 1. The van der Waals surface area contributed by atoms with E-state index in [0.29, 0.717) is 29.6 Å². The summed E-state index contributed by atoms with van der Waals surface area (Å²) in [5.41, 5.74) is 1.69. The van der Waals surface area contributed by atoms with E-state index in [1.807, 2.05) is 25.1 Å². The zero-order valence-corrected chi connectivity index (χ0v) is 17.4. The van der Waals surface area contributed by atoms with E-state index in [-0.39, 0.29) is 6.03 Å². The fraction of sp³-hybridized carbons (Fsp3) is 0.455. The molecule has 1 aromatic carbocycles. The van der Waals surface area contributed by atoms with E-state index in [2.05, 4.69) is 27.4 Å². The van der Waals surface area contributed by atoms with E-state index in [4.69, 9.17) is 9.47 Å². The zero-order chi connectivity index (χ0) is 20.6. The molecular weight excluding hydrogens is 368 g/mol. The van der Waals surface area contributed by atoms with Crippen molar-refractivity contribution in [2.75, 3.05) is 38.6 Å². The molecule has 0 saturated carbocycles. The quantitative estimate of drug-likeness (QED) is 0.736. The maximum absolute atomic E-state index is 12.1. The van der Waals surface area contributed by atoms with Crippen molar-refractivity contribution < 1.29 is 14.3 Å². The standard InChI is InChI=1S/C22H30N4O3/c1-16-6-8-19(20(13-16)28-3)29-21-9-7-18(14-24-21)25-22(27)23-10-12-26-11-4-5-17(2)15-26/h6-9,13-14,17H,4-5,10-12,15H2,1-3H3,(H2,23,25,27). The lowest BCUT2D eigenvalue weighted by molar-refractivity contribution is 0.184. The first-order valence-electron chi connectivity index (χ1n) is 10.1. The molecule has 1 aromatic heterocycles. The van der Waals surface area contributed by atoms with Gasteiger partial charge in [0.1, 0.15) is 0 Å². The van der Waals surface area contributed by atoms with Crippen LogP contribution in [0.2, 0.25) is 0 Å². The molecule has 0 spiro atoms. The molecule has 0 aliphatic carbocycles. The summed E-state index contributed by atoms with van der Waals surface area (Å²) in [6, 6.07) is 8.94. The Bertz CT molecular complexity index is 810. The number of likely N-dealkylation sites (tertiary alicyclic amines) is 1. The topological polar surface area (TPSA) is 75.7 Å². The third-order valence-corrected chi connectivity index (χ3v) is 4.98. The summed E-state index contributed by atoms with van der Waals surface area (Å²) in [5, 5.41) is 5.70. The number of methoxy groups -OCH3 is 1. The van der Waals surface area contributed by atoms with Gasteiger partial charge in [-0.2, -0.15) is 0 Å². The first-order valence-corrected chi connectivity index (χ1v) is 10.1. The predicted octanol–water partition coefficient (Wildman–Crippen LogP) is 4.04. The van der Waals surface area contributed by atoms with Crippen molar-refractivity contribution in [2.24, 2.45) is 5.92 Å². The predicted molar refractivity (Wildman–Crippen MR) is 114 cm³/mol. The Morgan fingerprint density at radius 2 is 2.14 bits per heavy atom. The molecule has 1 atom stereocenters. The zero-order valence-electron chi connectivity index (χ0n) is 17.4. The second kappa shape index (κ2) is 10.1. The van der Waals surface area contributed by atoms with Gasteiger partial charge in [0.05, 0.1) is 19.0 Å². The minimum atomic E-state index is -0.231. The van der Waals surface area contributed by atoms with Gasteiger partial charge in [0.15, 0.2) is 11.5 Å². The van der Waals surface area contributed by atoms with Gasteiger partial charge in [-0.05, 0) is 56.0 Å².